The van der Waals surface area contributed by atoms with Crippen LogP contribution in [0.25, 0.3) is 0 Å². The van der Waals surface area contributed by atoms with E-state index in [4.69, 9.17) is 9.57 Å². The van der Waals surface area contributed by atoms with Gasteiger partial charge in [-0.2, -0.15) is 0 Å². The maximum absolute atomic E-state index is 11.6. The van der Waals surface area contributed by atoms with Crippen LogP contribution in [0.1, 0.15) is 0 Å². The van der Waals surface area contributed by atoms with Gasteiger partial charge in [0.1, 0.15) is 13.1 Å². The van der Waals surface area contributed by atoms with Gasteiger partial charge in [-0.1, -0.05) is 6.07 Å². The molecule has 0 aliphatic carbocycles. The van der Waals surface area contributed by atoms with Gasteiger partial charge in [0.25, 0.3) is 5.56 Å². The van der Waals surface area contributed by atoms with Crippen molar-refractivity contribution in [1.29, 1.82) is 0 Å². The second-order valence-electron chi connectivity index (χ2n) is 5.51. The Bertz CT molecular complexity index is 604. The van der Waals surface area contributed by atoms with E-state index in [0.29, 0.717) is 0 Å². The van der Waals surface area contributed by atoms with E-state index in [1.54, 1.807) is 18.3 Å². The average molecular weight is 399 g/mol. The number of morpholine rings is 1. The molecule has 0 aromatic carbocycles. The van der Waals surface area contributed by atoms with E-state index in [-0.39, 0.29) is 11.9 Å². The van der Waals surface area contributed by atoms with E-state index in [9.17, 15) is 30.0 Å². The molecule has 0 saturated carbocycles. The summed E-state index contributed by atoms with van der Waals surface area (Å²) in [6, 6.07) is 4.97. The van der Waals surface area contributed by atoms with E-state index in [1.165, 1.54) is 15.7 Å². The molecule has 0 bridgehead atoms. The Kier molecular flexibility index (Phi) is 6.16. The van der Waals surface area contributed by atoms with E-state index in [1.807, 2.05) is 19.0 Å². The predicted molar refractivity (Wildman–Crippen MR) is 79.8 cm³/mol. The Morgan fingerprint density at radius 2 is 1.68 bits per heavy atom. The van der Waals surface area contributed by atoms with Gasteiger partial charge in [0.15, 0.2) is 0 Å². The van der Waals surface area contributed by atoms with Crippen molar-refractivity contribution in [1.82, 2.24) is 9.63 Å². The molecule has 13 heteroatoms. The molecular weight excluding hydrogens is 379 g/mol. The molecule has 1 N–H and O–H groups in total. The fourth-order valence-electron chi connectivity index (χ4n) is 2.02. The van der Waals surface area contributed by atoms with Crippen LogP contribution in [0.4, 0.5) is 25.2 Å². The third-order valence-electron chi connectivity index (χ3n) is 2.96. The number of halogens is 6. The Balaban J connectivity index is 0.000000381. The molecular formula is C12H20F6N3O3P. The van der Waals surface area contributed by atoms with Crippen molar-refractivity contribution in [2.75, 3.05) is 40.4 Å². The van der Waals surface area contributed by atoms with Gasteiger partial charge >= 0.3 is 39.3 Å². The Labute approximate surface area is 139 Å². The molecule has 0 radical (unpaired) electrons. The maximum atomic E-state index is 11.6. The summed E-state index contributed by atoms with van der Waals surface area (Å²) in [6.07, 6.45) is 1.45. The monoisotopic (exact) mass is 399 g/mol. The molecule has 1 unspecified atom stereocenters. The summed E-state index contributed by atoms with van der Waals surface area (Å²) >= 11 is 0. The summed E-state index contributed by atoms with van der Waals surface area (Å²) in [5, 5.41) is 0. The summed E-state index contributed by atoms with van der Waals surface area (Å²) in [5.74, 6) is 0. The Hall–Kier alpha value is -1.36. The molecule has 1 aliphatic heterocycles. The Morgan fingerprint density at radius 1 is 1.16 bits per heavy atom. The summed E-state index contributed by atoms with van der Waals surface area (Å²) < 4.78 is 65.8. The second kappa shape index (κ2) is 7.10. The number of nitrogens with one attached hydrogen (secondary N) is 1. The Morgan fingerprint density at radius 3 is 2.12 bits per heavy atom. The molecule has 148 valence electrons. The fraction of sp³-hybridized carbons (Fsp3) is 0.583. The first kappa shape index (κ1) is 21.7. The second-order valence-corrected chi connectivity index (χ2v) is 7.43. The van der Waals surface area contributed by atoms with Crippen molar-refractivity contribution < 1.29 is 39.7 Å². The van der Waals surface area contributed by atoms with Crippen molar-refractivity contribution in [3.8, 4) is 0 Å². The minimum atomic E-state index is -10.7. The van der Waals surface area contributed by atoms with Gasteiger partial charge in [-0.15, -0.1) is 4.73 Å². The van der Waals surface area contributed by atoms with Crippen molar-refractivity contribution in [2.45, 2.75) is 6.35 Å². The van der Waals surface area contributed by atoms with Crippen molar-refractivity contribution in [2.24, 2.45) is 0 Å². The summed E-state index contributed by atoms with van der Waals surface area (Å²) in [5.41, 5.74) is -0.156. The molecule has 1 fully saturated rings. The molecule has 2 rings (SSSR count). The summed E-state index contributed by atoms with van der Waals surface area (Å²) in [7, 11) is -6.77. The number of aromatic nitrogens is 1. The van der Waals surface area contributed by atoms with E-state index >= 15 is 0 Å². The van der Waals surface area contributed by atoms with Gasteiger partial charge in [0, 0.05) is 12.3 Å². The number of rotatable bonds is 4. The van der Waals surface area contributed by atoms with Crippen LogP contribution in [-0.2, 0) is 4.74 Å². The normalized spacial score (nSPS) is 20.0. The zero-order valence-electron chi connectivity index (χ0n) is 13.5. The first-order valence-electron chi connectivity index (χ1n) is 7.13. The third-order valence-corrected chi connectivity index (χ3v) is 2.96. The molecule has 6 nitrogen and oxygen atoms in total. The molecule has 1 aromatic heterocycles. The van der Waals surface area contributed by atoms with Gasteiger partial charge < -0.3 is 9.57 Å². The number of quaternary nitrogens is 1. The number of pyridine rings is 1. The van der Waals surface area contributed by atoms with Crippen LogP contribution in [0.3, 0.4) is 0 Å². The van der Waals surface area contributed by atoms with Gasteiger partial charge in [0.2, 0.25) is 0 Å². The topological polar surface area (TPSA) is 48.1 Å². The molecule has 1 aliphatic rings. The van der Waals surface area contributed by atoms with Crippen molar-refractivity contribution >= 4 is 7.81 Å². The number of ether oxygens (including phenoxy) is 1. The van der Waals surface area contributed by atoms with Gasteiger partial charge in [0.05, 0.1) is 13.2 Å². The van der Waals surface area contributed by atoms with Gasteiger partial charge in [-0.05, 0) is 20.2 Å². The van der Waals surface area contributed by atoms with Crippen LogP contribution in [0.15, 0.2) is 29.2 Å². The fourth-order valence-corrected chi connectivity index (χ4v) is 2.02. The first-order valence-corrected chi connectivity index (χ1v) is 9.16. The minimum absolute atomic E-state index is 0.156. The quantitative estimate of drug-likeness (QED) is 0.473. The van der Waals surface area contributed by atoms with Crippen LogP contribution in [0.5, 0.6) is 0 Å². The zero-order chi connectivity index (χ0) is 19.4. The number of nitrogens with zero attached hydrogens (tertiary/aromatic N) is 2. The summed E-state index contributed by atoms with van der Waals surface area (Å²) in [6.45, 7) is 3.22. The third kappa shape index (κ3) is 11.0. The van der Waals surface area contributed by atoms with Crippen LogP contribution < -0.4 is 15.3 Å². The molecule has 1 saturated heterocycles. The zero-order valence-corrected chi connectivity index (χ0v) is 14.4. The predicted octanol–water partition coefficient (Wildman–Crippen LogP) is 1.42. The van der Waals surface area contributed by atoms with Crippen molar-refractivity contribution in [3.63, 3.8) is 0 Å². The van der Waals surface area contributed by atoms with Crippen molar-refractivity contribution in [3.05, 3.63) is 34.7 Å². The van der Waals surface area contributed by atoms with Crippen LogP contribution in [-0.4, -0.2) is 56.4 Å². The van der Waals surface area contributed by atoms with Crippen LogP contribution >= 0.6 is 7.81 Å². The van der Waals surface area contributed by atoms with E-state index in [0.717, 1.165) is 26.3 Å². The van der Waals surface area contributed by atoms with E-state index < -0.39 is 7.81 Å². The summed E-state index contributed by atoms with van der Waals surface area (Å²) in [4.78, 5) is 20.7. The molecule has 0 amide bonds. The first-order chi connectivity index (χ1) is 11.1. The van der Waals surface area contributed by atoms with Crippen LogP contribution in [0.2, 0.25) is 0 Å². The molecule has 2 heterocycles. The van der Waals surface area contributed by atoms with Gasteiger partial charge in [-0.25, -0.2) is 4.90 Å². The SMILES string of the molecule is CN(C)C(On1ccccc1=O)[NH+]1CCOCC1.F[P-](F)(F)(F)(F)F. The average Bonchev–Trinajstić information content (AvgIpc) is 2.43. The van der Waals surface area contributed by atoms with E-state index in [2.05, 4.69) is 0 Å². The number of hydrogen-bond acceptors (Lipinski definition) is 4. The number of hydrogen-bond donors (Lipinski definition) is 1. The molecule has 25 heavy (non-hydrogen) atoms. The van der Waals surface area contributed by atoms with Crippen LogP contribution in [0, 0.1) is 0 Å². The molecule has 1 aromatic rings. The molecule has 0 spiro atoms. The van der Waals surface area contributed by atoms with Gasteiger partial charge in [-0.3, -0.25) is 9.69 Å². The standard InChI is InChI=1S/C12H19N3O3.F6P/c1-13(2)12(14-7-9-17-10-8-14)18-15-6-4-3-5-11(15)16;1-7(2,3,4,5)6/h3-6,12H,7-10H2,1-2H3;/q;-1/p+1. The molecule has 1 atom stereocenters.